The van der Waals surface area contributed by atoms with Gasteiger partial charge in [0.15, 0.2) is 0 Å². The summed E-state index contributed by atoms with van der Waals surface area (Å²) in [6, 6.07) is 18.6. The zero-order valence-corrected chi connectivity index (χ0v) is 8.72. The van der Waals surface area contributed by atoms with Gasteiger partial charge in [0.05, 0.1) is 5.69 Å². The third-order valence-electron chi connectivity index (χ3n) is 2.23. The molecule has 0 aromatic heterocycles. The summed E-state index contributed by atoms with van der Waals surface area (Å²) in [5.41, 5.74) is 3.43. The Balaban J connectivity index is 2.41. The SMILES string of the molecule is CC=Nc1cccc(-c2ccccc2)c1. The van der Waals surface area contributed by atoms with Crippen molar-refractivity contribution in [3.63, 3.8) is 0 Å². The molecule has 2 aromatic rings. The maximum atomic E-state index is 4.27. The summed E-state index contributed by atoms with van der Waals surface area (Å²) in [5.74, 6) is 0. The van der Waals surface area contributed by atoms with Crippen LogP contribution in [0.5, 0.6) is 0 Å². The third kappa shape index (κ3) is 2.32. The van der Waals surface area contributed by atoms with Crippen LogP contribution in [0.2, 0.25) is 0 Å². The average molecular weight is 195 g/mol. The van der Waals surface area contributed by atoms with Gasteiger partial charge in [-0.3, -0.25) is 4.99 Å². The van der Waals surface area contributed by atoms with E-state index < -0.39 is 0 Å². The lowest BCUT2D eigenvalue weighted by Gasteiger charge is -2.01. The van der Waals surface area contributed by atoms with Crippen molar-refractivity contribution < 1.29 is 0 Å². The number of hydrogen-bond donors (Lipinski definition) is 0. The maximum absolute atomic E-state index is 4.27. The Kier molecular flexibility index (Phi) is 2.93. The molecule has 0 spiro atoms. The van der Waals surface area contributed by atoms with Crippen LogP contribution in [0.4, 0.5) is 5.69 Å². The summed E-state index contributed by atoms with van der Waals surface area (Å²) in [6.07, 6.45) is 1.81. The smallest absolute Gasteiger partial charge is 0.0631 e. The van der Waals surface area contributed by atoms with Gasteiger partial charge in [-0.1, -0.05) is 42.5 Å². The zero-order chi connectivity index (χ0) is 10.5. The molecule has 0 unspecified atom stereocenters. The topological polar surface area (TPSA) is 12.4 Å². The molecule has 2 aromatic carbocycles. The molecule has 0 radical (unpaired) electrons. The van der Waals surface area contributed by atoms with Gasteiger partial charge < -0.3 is 0 Å². The highest BCUT2D eigenvalue weighted by Gasteiger charge is 1.96. The molecule has 0 saturated carbocycles. The van der Waals surface area contributed by atoms with Crippen LogP contribution in [0.3, 0.4) is 0 Å². The van der Waals surface area contributed by atoms with Crippen molar-refractivity contribution in [2.75, 3.05) is 0 Å². The minimum atomic E-state index is 0.999. The lowest BCUT2D eigenvalue weighted by molar-refractivity contribution is 1.52. The summed E-state index contributed by atoms with van der Waals surface area (Å²) < 4.78 is 0. The van der Waals surface area contributed by atoms with Crippen molar-refractivity contribution in [1.29, 1.82) is 0 Å². The summed E-state index contributed by atoms with van der Waals surface area (Å²) in [4.78, 5) is 4.27. The monoisotopic (exact) mass is 195 g/mol. The first-order valence-corrected chi connectivity index (χ1v) is 5.04. The van der Waals surface area contributed by atoms with Gasteiger partial charge in [0.1, 0.15) is 0 Å². The quantitative estimate of drug-likeness (QED) is 0.640. The highest BCUT2D eigenvalue weighted by atomic mass is 14.7. The van der Waals surface area contributed by atoms with E-state index in [1.807, 2.05) is 43.5 Å². The van der Waals surface area contributed by atoms with Crippen LogP contribution in [0.25, 0.3) is 11.1 Å². The van der Waals surface area contributed by atoms with Crippen molar-refractivity contribution in [2.45, 2.75) is 6.92 Å². The van der Waals surface area contributed by atoms with Crippen LogP contribution in [-0.2, 0) is 0 Å². The van der Waals surface area contributed by atoms with Gasteiger partial charge in [0.25, 0.3) is 0 Å². The first-order chi connectivity index (χ1) is 7.40. The minimum Gasteiger partial charge on any atom is -0.262 e. The van der Waals surface area contributed by atoms with E-state index in [1.165, 1.54) is 11.1 Å². The molecule has 2 rings (SSSR count). The fourth-order valence-electron chi connectivity index (χ4n) is 1.55. The molecule has 1 nitrogen and oxygen atoms in total. The molecule has 0 amide bonds. The summed E-state index contributed by atoms with van der Waals surface area (Å²) in [5, 5.41) is 0. The lowest BCUT2D eigenvalue weighted by Crippen LogP contribution is -1.75. The maximum Gasteiger partial charge on any atom is 0.0631 e. The number of rotatable bonds is 2. The van der Waals surface area contributed by atoms with Gasteiger partial charge in [0.2, 0.25) is 0 Å². The van der Waals surface area contributed by atoms with Crippen LogP contribution < -0.4 is 0 Å². The molecular weight excluding hydrogens is 182 g/mol. The predicted octanol–water partition coefficient (Wildman–Crippen LogP) is 4.08. The summed E-state index contributed by atoms with van der Waals surface area (Å²) in [6.45, 7) is 1.93. The second kappa shape index (κ2) is 4.56. The van der Waals surface area contributed by atoms with Crippen LogP contribution in [0.15, 0.2) is 59.6 Å². The van der Waals surface area contributed by atoms with E-state index in [-0.39, 0.29) is 0 Å². The zero-order valence-electron chi connectivity index (χ0n) is 8.72. The van der Waals surface area contributed by atoms with Gasteiger partial charge in [-0.15, -0.1) is 0 Å². The molecule has 0 fully saturated rings. The normalized spacial score (nSPS) is 10.7. The number of nitrogens with zero attached hydrogens (tertiary/aromatic N) is 1. The van der Waals surface area contributed by atoms with Crippen molar-refractivity contribution in [3.05, 3.63) is 54.6 Å². The third-order valence-corrected chi connectivity index (χ3v) is 2.23. The molecule has 0 saturated heterocycles. The average Bonchev–Trinajstić information content (AvgIpc) is 2.31. The van der Waals surface area contributed by atoms with E-state index >= 15 is 0 Å². The van der Waals surface area contributed by atoms with E-state index in [1.54, 1.807) is 0 Å². The minimum absolute atomic E-state index is 0.999. The Bertz CT molecular complexity index is 458. The molecule has 15 heavy (non-hydrogen) atoms. The van der Waals surface area contributed by atoms with E-state index in [4.69, 9.17) is 0 Å². The Morgan fingerprint density at radius 2 is 1.60 bits per heavy atom. The molecular formula is C14H13N. The van der Waals surface area contributed by atoms with Crippen LogP contribution in [-0.4, -0.2) is 6.21 Å². The molecule has 1 heteroatoms. The van der Waals surface area contributed by atoms with Crippen molar-refractivity contribution in [2.24, 2.45) is 4.99 Å². The Morgan fingerprint density at radius 1 is 0.867 bits per heavy atom. The second-order valence-electron chi connectivity index (χ2n) is 3.30. The fourth-order valence-corrected chi connectivity index (χ4v) is 1.55. The van der Waals surface area contributed by atoms with Crippen molar-refractivity contribution in [1.82, 2.24) is 0 Å². The van der Waals surface area contributed by atoms with Crippen LogP contribution in [0.1, 0.15) is 6.92 Å². The first kappa shape index (κ1) is 9.66. The highest BCUT2D eigenvalue weighted by Crippen LogP contribution is 2.23. The molecule has 0 heterocycles. The van der Waals surface area contributed by atoms with E-state index in [2.05, 4.69) is 29.3 Å². The van der Waals surface area contributed by atoms with Gasteiger partial charge in [-0.25, -0.2) is 0 Å². The summed E-state index contributed by atoms with van der Waals surface area (Å²) >= 11 is 0. The van der Waals surface area contributed by atoms with Gasteiger partial charge in [-0.05, 0) is 30.2 Å². The molecule has 0 aliphatic heterocycles. The first-order valence-electron chi connectivity index (χ1n) is 5.04. The molecule has 0 aliphatic rings. The Labute approximate surface area is 90.1 Å². The van der Waals surface area contributed by atoms with E-state index in [9.17, 15) is 0 Å². The van der Waals surface area contributed by atoms with Crippen LogP contribution in [0, 0.1) is 0 Å². The van der Waals surface area contributed by atoms with E-state index in [0.717, 1.165) is 5.69 Å². The van der Waals surface area contributed by atoms with E-state index in [0.29, 0.717) is 0 Å². The fraction of sp³-hybridized carbons (Fsp3) is 0.0714. The standard InChI is InChI=1S/C14H13N/c1-2-15-14-10-6-9-13(11-14)12-7-4-3-5-8-12/h2-11H,1H3. The van der Waals surface area contributed by atoms with Crippen molar-refractivity contribution in [3.8, 4) is 11.1 Å². The van der Waals surface area contributed by atoms with Gasteiger partial charge in [-0.2, -0.15) is 0 Å². The second-order valence-corrected chi connectivity index (χ2v) is 3.30. The predicted molar refractivity (Wildman–Crippen MR) is 65.7 cm³/mol. The Morgan fingerprint density at radius 3 is 2.33 bits per heavy atom. The number of benzene rings is 2. The number of aliphatic imine (C=N–C) groups is 1. The molecule has 0 N–H and O–H groups in total. The number of hydrogen-bond acceptors (Lipinski definition) is 1. The molecule has 0 atom stereocenters. The van der Waals surface area contributed by atoms with Gasteiger partial charge >= 0.3 is 0 Å². The highest BCUT2D eigenvalue weighted by molar-refractivity contribution is 5.69. The Hall–Kier alpha value is -1.89. The summed E-state index contributed by atoms with van der Waals surface area (Å²) in [7, 11) is 0. The van der Waals surface area contributed by atoms with Crippen LogP contribution >= 0.6 is 0 Å². The molecule has 0 aliphatic carbocycles. The lowest BCUT2D eigenvalue weighted by atomic mass is 10.1. The van der Waals surface area contributed by atoms with Gasteiger partial charge in [0, 0.05) is 6.21 Å². The molecule has 74 valence electrons. The molecule has 0 bridgehead atoms. The largest absolute Gasteiger partial charge is 0.262 e. The van der Waals surface area contributed by atoms with Crippen molar-refractivity contribution >= 4 is 11.9 Å².